The molecule has 3 aromatic rings. The maximum absolute atomic E-state index is 12.9. The molecule has 2 amide bonds. The van der Waals surface area contributed by atoms with E-state index in [0.717, 1.165) is 10.3 Å². The van der Waals surface area contributed by atoms with Crippen LogP contribution in [-0.2, 0) is 14.3 Å². The largest absolute Gasteiger partial charge is 0.462 e. The Kier molecular flexibility index (Phi) is 7.00. The van der Waals surface area contributed by atoms with Gasteiger partial charge < -0.3 is 14.5 Å². The summed E-state index contributed by atoms with van der Waals surface area (Å²) in [4.78, 5) is 66.8. The van der Waals surface area contributed by atoms with Crippen LogP contribution in [0.5, 0.6) is 0 Å². The number of aryl methyl sites for hydroxylation is 1. The molecule has 0 saturated heterocycles. The first-order chi connectivity index (χ1) is 17.2. The minimum absolute atomic E-state index is 0.0449. The molecule has 1 aromatic heterocycles. The Labute approximate surface area is 207 Å². The van der Waals surface area contributed by atoms with Gasteiger partial charge in [0.1, 0.15) is 0 Å². The van der Waals surface area contributed by atoms with Crippen molar-refractivity contribution in [2.75, 3.05) is 19.8 Å². The van der Waals surface area contributed by atoms with Gasteiger partial charge in [-0.2, -0.15) is 0 Å². The van der Waals surface area contributed by atoms with Crippen molar-refractivity contribution in [1.82, 2.24) is 9.88 Å². The van der Waals surface area contributed by atoms with Crippen molar-refractivity contribution in [2.24, 2.45) is 0 Å². The third-order valence-corrected chi connectivity index (χ3v) is 6.18. The Hall–Kier alpha value is -4.27. The summed E-state index contributed by atoms with van der Waals surface area (Å²) in [7, 11) is 0. The number of imide groups is 1. The summed E-state index contributed by atoms with van der Waals surface area (Å²) in [6, 6.07) is 10.6. The molecule has 0 unspecified atom stereocenters. The molecular weight excluding hydrogens is 464 g/mol. The molecule has 0 saturated carbocycles. The van der Waals surface area contributed by atoms with Gasteiger partial charge in [0.05, 0.1) is 17.9 Å². The van der Waals surface area contributed by atoms with Gasteiger partial charge in [0.15, 0.2) is 6.61 Å². The molecule has 0 aliphatic carbocycles. The lowest BCUT2D eigenvalue weighted by Crippen LogP contribution is -2.41. The fourth-order valence-electron chi connectivity index (χ4n) is 4.49. The third kappa shape index (κ3) is 4.51. The normalized spacial score (nSPS) is 12.7. The Morgan fingerprint density at radius 2 is 1.58 bits per heavy atom. The quantitative estimate of drug-likeness (QED) is 0.275. The second kappa shape index (κ2) is 10.2. The summed E-state index contributed by atoms with van der Waals surface area (Å²) in [6.07, 6.45) is 0.114. The van der Waals surface area contributed by atoms with Gasteiger partial charge in [-0.1, -0.05) is 24.3 Å². The van der Waals surface area contributed by atoms with Crippen molar-refractivity contribution in [1.29, 1.82) is 0 Å². The zero-order valence-corrected chi connectivity index (χ0v) is 20.3. The number of ketones is 1. The van der Waals surface area contributed by atoms with E-state index in [2.05, 4.69) is 4.98 Å². The summed E-state index contributed by atoms with van der Waals surface area (Å²) in [5, 5.41) is 1.46. The van der Waals surface area contributed by atoms with Gasteiger partial charge in [-0.15, -0.1) is 0 Å². The van der Waals surface area contributed by atoms with Crippen LogP contribution >= 0.6 is 0 Å². The molecule has 2 aromatic carbocycles. The minimum atomic E-state index is -0.630. The number of hydrogen-bond acceptors (Lipinski definition) is 7. The van der Waals surface area contributed by atoms with Crippen LogP contribution in [0.4, 0.5) is 0 Å². The van der Waals surface area contributed by atoms with Gasteiger partial charge in [-0.3, -0.25) is 24.1 Å². The Morgan fingerprint density at radius 1 is 0.944 bits per heavy atom. The van der Waals surface area contributed by atoms with E-state index in [-0.39, 0.29) is 31.7 Å². The number of benzene rings is 2. The van der Waals surface area contributed by atoms with E-state index in [4.69, 9.17) is 9.47 Å². The molecule has 1 N–H and O–H groups in total. The fourth-order valence-corrected chi connectivity index (χ4v) is 4.49. The van der Waals surface area contributed by atoms with Crippen LogP contribution in [0.15, 0.2) is 36.4 Å². The lowest BCUT2D eigenvalue weighted by Gasteiger charge is -2.27. The number of aromatic nitrogens is 1. The van der Waals surface area contributed by atoms with Gasteiger partial charge in [0.2, 0.25) is 5.78 Å². The summed E-state index contributed by atoms with van der Waals surface area (Å²) in [5.74, 6) is -2.44. The van der Waals surface area contributed by atoms with Gasteiger partial charge in [0, 0.05) is 35.2 Å². The molecule has 9 nitrogen and oxygen atoms in total. The number of hydrogen-bond donors (Lipinski definition) is 1. The molecule has 4 rings (SSSR count). The smallest absolute Gasteiger partial charge is 0.340 e. The van der Waals surface area contributed by atoms with Gasteiger partial charge in [0.25, 0.3) is 11.8 Å². The van der Waals surface area contributed by atoms with Crippen LogP contribution < -0.4 is 0 Å². The van der Waals surface area contributed by atoms with E-state index >= 15 is 0 Å². The van der Waals surface area contributed by atoms with Gasteiger partial charge in [-0.05, 0) is 50.3 Å². The summed E-state index contributed by atoms with van der Waals surface area (Å²) >= 11 is 0. The van der Waals surface area contributed by atoms with Crippen LogP contribution in [-0.4, -0.2) is 59.2 Å². The highest BCUT2D eigenvalue weighted by molar-refractivity contribution is 6.25. The Balaban J connectivity index is 1.33. The van der Waals surface area contributed by atoms with Crippen LogP contribution in [0.3, 0.4) is 0 Å². The molecule has 1 aliphatic heterocycles. The number of H-pyrrole nitrogens is 1. The summed E-state index contributed by atoms with van der Waals surface area (Å²) in [6.45, 7) is 4.72. The van der Waals surface area contributed by atoms with Crippen LogP contribution in [0.25, 0.3) is 10.8 Å². The maximum Gasteiger partial charge on any atom is 0.340 e. The van der Waals surface area contributed by atoms with E-state index in [1.165, 1.54) is 0 Å². The number of esters is 2. The standard InChI is InChI=1S/C27H26N2O7/c1-4-35-27(34)22-15(2)24(28-16(22)3)20(30)14-36-21(31)12-7-13-29-25(32)18-10-5-8-17-9-6-11-19(23(17)18)26(29)33/h5-6,8-11,28H,4,7,12-14H2,1-3H3. The number of aromatic amines is 1. The lowest BCUT2D eigenvalue weighted by atomic mass is 9.94. The summed E-state index contributed by atoms with van der Waals surface area (Å²) in [5.41, 5.74) is 2.31. The predicted octanol–water partition coefficient (Wildman–Crippen LogP) is 3.76. The van der Waals surface area contributed by atoms with Crippen molar-refractivity contribution >= 4 is 40.3 Å². The lowest BCUT2D eigenvalue weighted by molar-refractivity contribution is -0.142. The van der Waals surface area contributed by atoms with Gasteiger partial charge >= 0.3 is 11.9 Å². The number of ether oxygens (including phenoxy) is 2. The topological polar surface area (TPSA) is 123 Å². The molecule has 0 atom stereocenters. The summed E-state index contributed by atoms with van der Waals surface area (Å²) < 4.78 is 10.1. The molecule has 2 heterocycles. The van der Waals surface area contributed by atoms with Crippen molar-refractivity contribution in [3.05, 3.63) is 70.0 Å². The number of nitrogens with one attached hydrogen (secondary N) is 1. The number of amides is 2. The monoisotopic (exact) mass is 490 g/mol. The molecule has 1 aliphatic rings. The van der Waals surface area contributed by atoms with Crippen LogP contribution in [0, 0.1) is 13.8 Å². The molecule has 0 radical (unpaired) electrons. The average Bonchev–Trinajstić information content (AvgIpc) is 3.16. The van der Waals surface area contributed by atoms with Crippen molar-refractivity contribution in [3.8, 4) is 0 Å². The molecule has 0 spiro atoms. The van der Waals surface area contributed by atoms with Crippen molar-refractivity contribution < 1.29 is 33.4 Å². The Morgan fingerprint density at radius 3 is 2.19 bits per heavy atom. The average molecular weight is 491 g/mol. The molecule has 36 heavy (non-hydrogen) atoms. The first kappa shape index (κ1) is 24.8. The van der Waals surface area contributed by atoms with E-state index in [0.29, 0.717) is 33.3 Å². The maximum atomic E-state index is 12.9. The van der Waals surface area contributed by atoms with E-state index in [1.54, 1.807) is 45.0 Å². The SMILES string of the molecule is CCOC(=O)c1c(C)[nH]c(C(=O)COC(=O)CCCN2C(=O)c3cccc4cccc(c34)C2=O)c1C. The highest BCUT2D eigenvalue weighted by Crippen LogP contribution is 2.30. The first-order valence-electron chi connectivity index (χ1n) is 11.7. The molecular formula is C27H26N2O7. The van der Waals surface area contributed by atoms with E-state index in [9.17, 15) is 24.0 Å². The second-order valence-corrected chi connectivity index (χ2v) is 8.50. The zero-order valence-electron chi connectivity index (χ0n) is 20.3. The van der Waals surface area contributed by atoms with Crippen LogP contribution in [0.2, 0.25) is 0 Å². The van der Waals surface area contributed by atoms with Crippen molar-refractivity contribution in [3.63, 3.8) is 0 Å². The molecule has 186 valence electrons. The zero-order chi connectivity index (χ0) is 26.0. The Bertz CT molecular complexity index is 1350. The number of Topliss-reactive ketones (excluding diaryl/α,β-unsaturated/α-hetero) is 1. The van der Waals surface area contributed by atoms with Crippen molar-refractivity contribution in [2.45, 2.75) is 33.6 Å². The highest BCUT2D eigenvalue weighted by atomic mass is 16.5. The number of carbonyl (C=O) groups excluding carboxylic acids is 5. The van der Waals surface area contributed by atoms with E-state index in [1.807, 2.05) is 12.1 Å². The number of rotatable bonds is 9. The predicted molar refractivity (Wildman–Crippen MR) is 130 cm³/mol. The first-order valence-corrected chi connectivity index (χ1v) is 11.7. The second-order valence-electron chi connectivity index (χ2n) is 8.50. The molecule has 0 bridgehead atoms. The minimum Gasteiger partial charge on any atom is -0.462 e. The van der Waals surface area contributed by atoms with Crippen LogP contribution in [0.1, 0.15) is 72.6 Å². The molecule has 9 heteroatoms. The fraction of sp³-hybridized carbons (Fsp3) is 0.296. The number of nitrogens with zero attached hydrogens (tertiary/aromatic N) is 1. The molecule has 0 fully saturated rings. The van der Waals surface area contributed by atoms with E-state index < -0.39 is 36.1 Å². The highest BCUT2D eigenvalue weighted by Gasteiger charge is 2.32. The number of carbonyl (C=O) groups is 5. The van der Waals surface area contributed by atoms with Gasteiger partial charge in [-0.25, -0.2) is 4.79 Å². The third-order valence-electron chi connectivity index (χ3n) is 6.18.